The fraction of sp³-hybridized carbons (Fsp3) is 0.667. The molecular formula is C9H14O2. The minimum absolute atomic E-state index is 0.0212. The third-order valence-corrected chi connectivity index (χ3v) is 1.81. The first-order valence-electron chi connectivity index (χ1n) is 3.80. The minimum atomic E-state index is -0.176. The van der Waals surface area contributed by atoms with Crippen LogP contribution in [0, 0.1) is 5.41 Å². The molecule has 2 nitrogen and oxygen atoms in total. The maximum absolute atomic E-state index is 10.9. The van der Waals surface area contributed by atoms with E-state index in [4.69, 9.17) is 4.74 Å². The molecule has 1 heterocycles. The second-order valence-electron chi connectivity index (χ2n) is 4.04. The number of hydrogen-bond donors (Lipinski definition) is 0. The molecule has 0 amide bonds. The fourth-order valence-electron chi connectivity index (χ4n) is 0.964. The summed E-state index contributed by atoms with van der Waals surface area (Å²) in [6.45, 7) is 7.95. The molecule has 0 N–H and O–H groups in total. The molecule has 0 aliphatic carbocycles. The van der Waals surface area contributed by atoms with Crippen LogP contribution in [0.15, 0.2) is 11.6 Å². The van der Waals surface area contributed by atoms with Crippen LogP contribution in [0.2, 0.25) is 0 Å². The SMILES string of the molecule is CC1=CC(C(C)(C)C)OC1=O. The first-order chi connectivity index (χ1) is 4.91. The molecular weight excluding hydrogens is 140 g/mol. The fourth-order valence-corrected chi connectivity index (χ4v) is 0.964. The van der Waals surface area contributed by atoms with Gasteiger partial charge in [0.25, 0.3) is 0 Å². The Bertz CT molecular complexity index is 208. The van der Waals surface area contributed by atoms with Crippen LogP contribution in [-0.4, -0.2) is 12.1 Å². The maximum Gasteiger partial charge on any atom is 0.334 e. The van der Waals surface area contributed by atoms with Crippen molar-refractivity contribution < 1.29 is 9.53 Å². The number of cyclic esters (lactones) is 1. The molecule has 1 aliphatic heterocycles. The second-order valence-corrected chi connectivity index (χ2v) is 4.04. The van der Waals surface area contributed by atoms with E-state index in [0.717, 1.165) is 5.57 Å². The Morgan fingerprint density at radius 1 is 1.45 bits per heavy atom. The molecule has 0 fully saturated rings. The van der Waals surface area contributed by atoms with E-state index in [9.17, 15) is 4.79 Å². The lowest BCUT2D eigenvalue weighted by Gasteiger charge is -2.23. The second kappa shape index (κ2) is 2.36. The van der Waals surface area contributed by atoms with E-state index in [1.54, 1.807) is 6.92 Å². The summed E-state index contributed by atoms with van der Waals surface area (Å²) >= 11 is 0. The van der Waals surface area contributed by atoms with Crippen LogP contribution in [0.5, 0.6) is 0 Å². The van der Waals surface area contributed by atoms with Crippen LogP contribution in [0.4, 0.5) is 0 Å². The molecule has 2 heteroatoms. The largest absolute Gasteiger partial charge is 0.454 e. The lowest BCUT2D eigenvalue weighted by atomic mass is 9.89. The molecule has 11 heavy (non-hydrogen) atoms. The smallest absolute Gasteiger partial charge is 0.334 e. The van der Waals surface area contributed by atoms with Crippen molar-refractivity contribution in [2.24, 2.45) is 5.41 Å². The number of carbonyl (C=O) groups is 1. The summed E-state index contributed by atoms with van der Waals surface area (Å²) in [4.78, 5) is 10.9. The Balaban J connectivity index is 2.76. The summed E-state index contributed by atoms with van der Waals surface area (Å²) in [7, 11) is 0. The number of esters is 1. The van der Waals surface area contributed by atoms with E-state index in [0.29, 0.717) is 0 Å². The van der Waals surface area contributed by atoms with Gasteiger partial charge < -0.3 is 4.74 Å². The lowest BCUT2D eigenvalue weighted by Crippen LogP contribution is -2.25. The lowest BCUT2D eigenvalue weighted by molar-refractivity contribution is -0.143. The highest BCUT2D eigenvalue weighted by molar-refractivity contribution is 5.90. The minimum Gasteiger partial charge on any atom is -0.454 e. The van der Waals surface area contributed by atoms with E-state index < -0.39 is 0 Å². The van der Waals surface area contributed by atoms with Crippen molar-refractivity contribution in [2.45, 2.75) is 33.8 Å². The van der Waals surface area contributed by atoms with Crippen LogP contribution in [0.1, 0.15) is 27.7 Å². The third kappa shape index (κ3) is 1.62. The topological polar surface area (TPSA) is 26.3 Å². The van der Waals surface area contributed by atoms with E-state index in [-0.39, 0.29) is 17.5 Å². The quantitative estimate of drug-likeness (QED) is 0.498. The van der Waals surface area contributed by atoms with Crippen molar-refractivity contribution in [1.29, 1.82) is 0 Å². The normalized spacial score (nSPS) is 24.9. The Morgan fingerprint density at radius 2 is 2.00 bits per heavy atom. The molecule has 0 aromatic carbocycles. The zero-order chi connectivity index (χ0) is 8.65. The van der Waals surface area contributed by atoms with Gasteiger partial charge in [0.1, 0.15) is 6.10 Å². The van der Waals surface area contributed by atoms with Crippen LogP contribution in [0.25, 0.3) is 0 Å². The van der Waals surface area contributed by atoms with Gasteiger partial charge in [-0.25, -0.2) is 4.79 Å². The number of hydrogen-bond acceptors (Lipinski definition) is 2. The van der Waals surface area contributed by atoms with Crippen LogP contribution in [0.3, 0.4) is 0 Å². The zero-order valence-corrected chi connectivity index (χ0v) is 7.47. The average molecular weight is 154 g/mol. The maximum atomic E-state index is 10.9. The Labute approximate surface area is 67.2 Å². The number of ether oxygens (including phenoxy) is 1. The predicted molar refractivity (Wildman–Crippen MR) is 43.1 cm³/mol. The molecule has 1 rings (SSSR count). The monoisotopic (exact) mass is 154 g/mol. The molecule has 62 valence electrons. The van der Waals surface area contributed by atoms with Crippen molar-refractivity contribution in [3.8, 4) is 0 Å². The van der Waals surface area contributed by atoms with E-state index >= 15 is 0 Å². The summed E-state index contributed by atoms with van der Waals surface area (Å²) in [5, 5.41) is 0. The van der Waals surface area contributed by atoms with Gasteiger partial charge in [-0.15, -0.1) is 0 Å². The summed E-state index contributed by atoms with van der Waals surface area (Å²) in [6.07, 6.45) is 1.84. The number of carbonyl (C=O) groups excluding carboxylic acids is 1. The first kappa shape index (κ1) is 8.31. The van der Waals surface area contributed by atoms with E-state index in [1.165, 1.54) is 0 Å². The van der Waals surface area contributed by atoms with Crippen molar-refractivity contribution in [3.63, 3.8) is 0 Å². The molecule has 0 aromatic heterocycles. The standard InChI is InChI=1S/C9H14O2/c1-6-5-7(9(2,3)4)11-8(6)10/h5,7H,1-4H3. The molecule has 0 saturated carbocycles. The van der Waals surface area contributed by atoms with Crippen molar-refractivity contribution in [1.82, 2.24) is 0 Å². The Kier molecular flexibility index (Phi) is 1.78. The molecule has 1 atom stereocenters. The average Bonchev–Trinajstić information content (AvgIpc) is 2.11. The summed E-state index contributed by atoms with van der Waals surface area (Å²) in [5.41, 5.74) is 0.748. The van der Waals surface area contributed by atoms with E-state index in [1.807, 2.05) is 6.08 Å². The molecule has 0 saturated heterocycles. The summed E-state index contributed by atoms with van der Waals surface area (Å²) in [6, 6.07) is 0. The van der Waals surface area contributed by atoms with Crippen molar-refractivity contribution >= 4 is 5.97 Å². The first-order valence-corrected chi connectivity index (χ1v) is 3.80. The third-order valence-electron chi connectivity index (χ3n) is 1.81. The zero-order valence-electron chi connectivity index (χ0n) is 7.47. The highest BCUT2D eigenvalue weighted by Crippen LogP contribution is 2.28. The van der Waals surface area contributed by atoms with Gasteiger partial charge in [-0.3, -0.25) is 0 Å². The Hall–Kier alpha value is -0.790. The highest BCUT2D eigenvalue weighted by Gasteiger charge is 2.31. The van der Waals surface area contributed by atoms with Gasteiger partial charge in [-0.2, -0.15) is 0 Å². The predicted octanol–water partition coefficient (Wildman–Crippen LogP) is 1.90. The van der Waals surface area contributed by atoms with Gasteiger partial charge in [0.15, 0.2) is 0 Å². The van der Waals surface area contributed by atoms with Crippen LogP contribution in [-0.2, 0) is 9.53 Å². The van der Waals surface area contributed by atoms with Crippen molar-refractivity contribution in [2.75, 3.05) is 0 Å². The summed E-state index contributed by atoms with van der Waals surface area (Å²) in [5.74, 6) is -0.176. The molecule has 1 unspecified atom stereocenters. The van der Waals surface area contributed by atoms with Gasteiger partial charge >= 0.3 is 5.97 Å². The molecule has 1 aliphatic rings. The van der Waals surface area contributed by atoms with Crippen molar-refractivity contribution in [3.05, 3.63) is 11.6 Å². The van der Waals surface area contributed by atoms with Gasteiger partial charge in [-0.1, -0.05) is 20.8 Å². The molecule has 0 bridgehead atoms. The molecule has 0 radical (unpaired) electrons. The van der Waals surface area contributed by atoms with E-state index in [2.05, 4.69) is 20.8 Å². The molecule has 0 aromatic rings. The van der Waals surface area contributed by atoms with Crippen LogP contribution >= 0.6 is 0 Å². The van der Waals surface area contributed by atoms with Gasteiger partial charge in [0.2, 0.25) is 0 Å². The number of rotatable bonds is 0. The van der Waals surface area contributed by atoms with Gasteiger partial charge in [-0.05, 0) is 13.0 Å². The van der Waals surface area contributed by atoms with Crippen LogP contribution < -0.4 is 0 Å². The highest BCUT2D eigenvalue weighted by atomic mass is 16.5. The van der Waals surface area contributed by atoms with Gasteiger partial charge in [0, 0.05) is 11.0 Å². The molecule has 0 spiro atoms. The van der Waals surface area contributed by atoms with Gasteiger partial charge in [0.05, 0.1) is 0 Å². The summed E-state index contributed by atoms with van der Waals surface area (Å²) < 4.78 is 5.11. The Morgan fingerprint density at radius 3 is 2.18 bits per heavy atom.